The summed E-state index contributed by atoms with van der Waals surface area (Å²) in [6.45, 7) is 2.88. The van der Waals surface area contributed by atoms with Crippen LogP contribution in [0.4, 0.5) is 5.69 Å². The van der Waals surface area contributed by atoms with E-state index in [1.807, 2.05) is 49.5 Å². The number of hydrogen-bond donors (Lipinski definition) is 2. The van der Waals surface area contributed by atoms with E-state index >= 15 is 0 Å². The van der Waals surface area contributed by atoms with E-state index in [1.165, 1.54) is 5.56 Å². The topological polar surface area (TPSA) is 44.7 Å². The van der Waals surface area contributed by atoms with Crippen LogP contribution in [0.2, 0.25) is 5.02 Å². The van der Waals surface area contributed by atoms with E-state index in [0.29, 0.717) is 19.1 Å². The quantitative estimate of drug-likeness (QED) is 0.791. The molecule has 5 heteroatoms. The predicted molar refractivity (Wildman–Crippen MR) is 103 cm³/mol. The first kappa shape index (κ1) is 18.1. The number of likely N-dealkylation sites (tertiary alicyclic amines) is 1. The van der Waals surface area contributed by atoms with Crippen molar-refractivity contribution in [3.8, 4) is 5.75 Å². The van der Waals surface area contributed by atoms with E-state index < -0.39 is 6.10 Å². The lowest BCUT2D eigenvalue weighted by Crippen LogP contribution is -2.34. The summed E-state index contributed by atoms with van der Waals surface area (Å²) < 4.78 is 5.68. The van der Waals surface area contributed by atoms with Crippen LogP contribution in [0.25, 0.3) is 0 Å². The Morgan fingerprint density at radius 2 is 2.08 bits per heavy atom. The van der Waals surface area contributed by atoms with Gasteiger partial charge in [0.05, 0.1) is 0 Å². The minimum absolute atomic E-state index is 0.303. The summed E-state index contributed by atoms with van der Waals surface area (Å²) >= 11 is 6.09. The highest BCUT2D eigenvalue weighted by atomic mass is 35.5. The zero-order valence-electron chi connectivity index (χ0n) is 14.5. The Balaban J connectivity index is 1.44. The lowest BCUT2D eigenvalue weighted by atomic mass is 9.99. The van der Waals surface area contributed by atoms with Gasteiger partial charge in [0, 0.05) is 30.8 Å². The van der Waals surface area contributed by atoms with Crippen molar-refractivity contribution in [1.29, 1.82) is 0 Å². The smallest absolute Gasteiger partial charge is 0.119 e. The van der Waals surface area contributed by atoms with Gasteiger partial charge < -0.3 is 20.1 Å². The van der Waals surface area contributed by atoms with E-state index in [0.717, 1.165) is 36.0 Å². The summed E-state index contributed by atoms with van der Waals surface area (Å²) in [6.07, 6.45) is 0.599. The fourth-order valence-corrected chi connectivity index (χ4v) is 3.49. The number of hydrogen-bond acceptors (Lipinski definition) is 4. The van der Waals surface area contributed by atoms with E-state index in [9.17, 15) is 5.11 Å². The molecule has 1 heterocycles. The van der Waals surface area contributed by atoms with Crippen LogP contribution in [0.1, 0.15) is 17.9 Å². The van der Waals surface area contributed by atoms with Gasteiger partial charge in [-0.25, -0.2) is 0 Å². The molecule has 25 heavy (non-hydrogen) atoms. The molecule has 4 nitrogen and oxygen atoms in total. The molecule has 2 atom stereocenters. The number of halogens is 1. The zero-order valence-corrected chi connectivity index (χ0v) is 15.2. The number of aliphatic hydroxyl groups is 1. The van der Waals surface area contributed by atoms with Crippen LogP contribution in [-0.4, -0.2) is 49.4 Å². The van der Waals surface area contributed by atoms with Crippen molar-refractivity contribution in [2.24, 2.45) is 0 Å². The second-order valence-corrected chi connectivity index (χ2v) is 6.98. The molecule has 3 rings (SSSR count). The minimum Gasteiger partial charge on any atom is -0.491 e. The Kier molecular flexibility index (Phi) is 6.19. The fraction of sp³-hybridized carbons (Fsp3) is 0.400. The average molecular weight is 361 g/mol. The lowest BCUT2D eigenvalue weighted by Gasteiger charge is -2.20. The van der Waals surface area contributed by atoms with E-state index in [4.69, 9.17) is 16.3 Å². The van der Waals surface area contributed by atoms with Crippen molar-refractivity contribution in [3.05, 3.63) is 59.1 Å². The molecular formula is C20H25ClN2O2. The maximum absolute atomic E-state index is 10.3. The van der Waals surface area contributed by atoms with Crippen molar-refractivity contribution in [2.75, 3.05) is 38.6 Å². The van der Waals surface area contributed by atoms with Gasteiger partial charge in [-0.05, 0) is 60.8 Å². The van der Waals surface area contributed by atoms with E-state index in [-0.39, 0.29) is 0 Å². The molecule has 0 aliphatic carbocycles. The molecule has 1 saturated heterocycles. The molecule has 134 valence electrons. The molecule has 0 bridgehead atoms. The third-order valence-corrected chi connectivity index (χ3v) is 4.88. The molecule has 2 unspecified atom stereocenters. The van der Waals surface area contributed by atoms with Gasteiger partial charge in [0.15, 0.2) is 0 Å². The van der Waals surface area contributed by atoms with Crippen molar-refractivity contribution in [3.63, 3.8) is 0 Å². The zero-order chi connectivity index (χ0) is 17.6. The molecule has 1 aliphatic heterocycles. The third-order valence-electron chi connectivity index (χ3n) is 4.65. The van der Waals surface area contributed by atoms with Gasteiger partial charge in [-0.3, -0.25) is 0 Å². The summed E-state index contributed by atoms with van der Waals surface area (Å²) in [5, 5.41) is 14.1. The minimum atomic E-state index is -0.498. The Labute approximate surface area is 154 Å². The highest BCUT2D eigenvalue weighted by molar-refractivity contribution is 6.30. The Hall–Kier alpha value is -1.75. The Morgan fingerprint density at radius 1 is 1.28 bits per heavy atom. The first-order chi connectivity index (χ1) is 12.1. The van der Waals surface area contributed by atoms with E-state index in [2.05, 4.69) is 16.3 Å². The Morgan fingerprint density at radius 3 is 2.80 bits per heavy atom. The molecule has 0 aromatic heterocycles. The number of rotatable bonds is 7. The second kappa shape index (κ2) is 8.56. The SMILES string of the molecule is CNc1ccc(OCC(O)CN2CCC(c3cccc(Cl)c3)C2)cc1. The van der Waals surface area contributed by atoms with Crippen LogP contribution in [0, 0.1) is 0 Å². The van der Waals surface area contributed by atoms with Gasteiger partial charge >= 0.3 is 0 Å². The number of anilines is 1. The number of benzene rings is 2. The normalized spacial score (nSPS) is 18.9. The predicted octanol–water partition coefficient (Wildman–Crippen LogP) is 3.61. The summed E-state index contributed by atoms with van der Waals surface area (Å²) in [7, 11) is 1.88. The van der Waals surface area contributed by atoms with Crippen LogP contribution in [0.5, 0.6) is 5.75 Å². The molecule has 0 amide bonds. The van der Waals surface area contributed by atoms with Crippen molar-refractivity contribution < 1.29 is 9.84 Å². The number of nitrogens with zero attached hydrogens (tertiary/aromatic N) is 1. The first-order valence-electron chi connectivity index (χ1n) is 8.70. The average Bonchev–Trinajstić information content (AvgIpc) is 3.09. The standard InChI is InChI=1S/C20H25ClN2O2/c1-22-18-5-7-20(8-6-18)25-14-19(24)13-23-10-9-16(12-23)15-3-2-4-17(21)11-15/h2-8,11,16,19,22,24H,9-10,12-14H2,1H3. The van der Waals surface area contributed by atoms with Crippen molar-refractivity contribution in [1.82, 2.24) is 4.90 Å². The van der Waals surface area contributed by atoms with Gasteiger partial charge in [0.2, 0.25) is 0 Å². The first-order valence-corrected chi connectivity index (χ1v) is 9.08. The van der Waals surface area contributed by atoms with Gasteiger partial charge in [0.1, 0.15) is 18.5 Å². The number of aliphatic hydroxyl groups excluding tert-OH is 1. The molecule has 0 radical (unpaired) electrons. The molecule has 2 aromatic carbocycles. The Bertz CT molecular complexity index is 678. The van der Waals surface area contributed by atoms with Crippen molar-refractivity contribution >= 4 is 17.3 Å². The molecule has 1 aliphatic rings. The van der Waals surface area contributed by atoms with Crippen LogP contribution in [-0.2, 0) is 0 Å². The number of nitrogens with one attached hydrogen (secondary N) is 1. The van der Waals surface area contributed by atoms with Crippen LogP contribution in [0.3, 0.4) is 0 Å². The maximum atomic E-state index is 10.3. The van der Waals surface area contributed by atoms with Crippen LogP contribution >= 0.6 is 11.6 Å². The summed E-state index contributed by atoms with van der Waals surface area (Å²) in [4.78, 5) is 2.30. The molecule has 0 spiro atoms. The maximum Gasteiger partial charge on any atom is 0.119 e. The molecule has 2 aromatic rings. The molecule has 0 saturated carbocycles. The van der Waals surface area contributed by atoms with Crippen molar-refractivity contribution in [2.45, 2.75) is 18.4 Å². The molecule has 1 fully saturated rings. The highest BCUT2D eigenvalue weighted by Gasteiger charge is 2.25. The monoisotopic (exact) mass is 360 g/mol. The number of β-amino-alcohol motifs (C(OH)–C–C–N with tert-alkyl or cyclic N) is 1. The lowest BCUT2D eigenvalue weighted by molar-refractivity contribution is 0.0754. The van der Waals surface area contributed by atoms with E-state index in [1.54, 1.807) is 0 Å². The van der Waals surface area contributed by atoms with Gasteiger partial charge in [-0.15, -0.1) is 0 Å². The highest BCUT2D eigenvalue weighted by Crippen LogP contribution is 2.28. The van der Waals surface area contributed by atoms with Crippen LogP contribution in [0.15, 0.2) is 48.5 Å². The molecule has 2 N–H and O–H groups in total. The largest absolute Gasteiger partial charge is 0.491 e. The van der Waals surface area contributed by atoms with Gasteiger partial charge in [-0.1, -0.05) is 23.7 Å². The second-order valence-electron chi connectivity index (χ2n) is 6.54. The third kappa shape index (κ3) is 5.11. The van der Waals surface area contributed by atoms with Crippen LogP contribution < -0.4 is 10.1 Å². The van der Waals surface area contributed by atoms with Gasteiger partial charge in [0.25, 0.3) is 0 Å². The summed E-state index contributed by atoms with van der Waals surface area (Å²) in [5.74, 6) is 1.26. The van der Waals surface area contributed by atoms with Gasteiger partial charge in [-0.2, -0.15) is 0 Å². The summed E-state index contributed by atoms with van der Waals surface area (Å²) in [5.41, 5.74) is 2.32. The molecular weight excluding hydrogens is 336 g/mol. The number of ether oxygens (including phenoxy) is 1. The summed E-state index contributed by atoms with van der Waals surface area (Å²) in [6, 6.07) is 15.8. The fourth-order valence-electron chi connectivity index (χ4n) is 3.29.